The molecule has 0 spiro atoms. The number of nitrogens with one attached hydrogen (secondary N) is 1. The lowest BCUT2D eigenvalue weighted by molar-refractivity contribution is 0.102. The van der Waals surface area contributed by atoms with Gasteiger partial charge in [0.15, 0.2) is 0 Å². The Morgan fingerprint density at radius 3 is 2.41 bits per heavy atom. The van der Waals surface area contributed by atoms with Gasteiger partial charge in [-0.05, 0) is 61.5 Å². The average Bonchev–Trinajstić information content (AvgIpc) is 2.65. The fourth-order valence-corrected chi connectivity index (χ4v) is 2.55. The van der Waals surface area contributed by atoms with E-state index in [4.69, 9.17) is 4.74 Å². The second-order valence-electron chi connectivity index (χ2n) is 5.64. The van der Waals surface area contributed by atoms with Crippen molar-refractivity contribution in [3.63, 3.8) is 0 Å². The van der Waals surface area contributed by atoms with E-state index in [1.54, 1.807) is 6.92 Å². The first kappa shape index (κ1) is 18.2. The highest BCUT2D eigenvalue weighted by molar-refractivity contribution is 6.06. The average molecular weight is 368 g/mol. The maximum atomic E-state index is 13.2. The second-order valence-corrected chi connectivity index (χ2v) is 5.64. The van der Waals surface area contributed by atoms with Crippen molar-refractivity contribution in [3.05, 3.63) is 82.5 Å². The Morgan fingerprint density at radius 2 is 1.78 bits per heavy atom. The molecule has 0 aliphatic rings. The zero-order chi connectivity index (χ0) is 19.4. The van der Waals surface area contributed by atoms with Gasteiger partial charge in [0.2, 0.25) is 0 Å². The zero-order valence-electron chi connectivity index (χ0n) is 14.5. The van der Waals surface area contributed by atoms with Crippen molar-refractivity contribution in [1.29, 1.82) is 0 Å². The highest BCUT2D eigenvalue weighted by Crippen LogP contribution is 2.19. The summed E-state index contributed by atoms with van der Waals surface area (Å²) in [6.07, 6.45) is 1.47. The molecular formula is C20H17FN2O4. The van der Waals surface area contributed by atoms with Gasteiger partial charge in [0.05, 0.1) is 6.61 Å². The summed E-state index contributed by atoms with van der Waals surface area (Å²) in [6, 6.07) is 12.7. The van der Waals surface area contributed by atoms with E-state index in [1.165, 1.54) is 65.4 Å². The van der Waals surface area contributed by atoms with Gasteiger partial charge in [-0.3, -0.25) is 14.2 Å². The van der Waals surface area contributed by atoms with Crippen molar-refractivity contribution in [3.8, 4) is 17.2 Å². The number of benzene rings is 2. The van der Waals surface area contributed by atoms with Gasteiger partial charge in [-0.2, -0.15) is 0 Å². The summed E-state index contributed by atoms with van der Waals surface area (Å²) in [5.41, 5.74) is 0.0700. The maximum Gasteiger partial charge on any atom is 0.271 e. The normalized spacial score (nSPS) is 10.4. The van der Waals surface area contributed by atoms with Crippen LogP contribution in [-0.2, 0) is 0 Å². The predicted molar refractivity (Wildman–Crippen MR) is 99.2 cm³/mol. The highest BCUT2D eigenvalue weighted by Gasteiger charge is 2.20. The summed E-state index contributed by atoms with van der Waals surface area (Å²) in [4.78, 5) is 25.7. The van der Waals surface area contributed by atoms with Gasteiger partial charge in [-0.1, -0.05) is 0 Å². The topological polar surface area (TPSA) is 80.6 Å². The number of rotatable bonds is 5. The fraction of sp³-hybridized carbons (Fsp3) is 0.100. The third-order valence-electron chi connectivity index (χ3n) is 3.81. The molecule has 0 saturated heterocycles. The molecule has 1 aromatic heterocycles. The SMILES string of the molecule is CCOc1ccn(-c2ccc(F)cc2)c(=O)c1C(=O)Nc1ccc(O)cc1. The van der Waals surface area contributed by atoms with Gasteiger partial charge >= 0.3 is 0 Å². The lowest BCUT2D eigenvalue weighted by Crippen LogP contribution is -2.29. The number of hydrogen-bond donors (Lipinski definition) is 2. The molecule has 1 amide bonds. The Kier molecular flexibility index (Phi) is 5.21. The van der Waals surface area contributed by atoms with Gasteiger partial charge < -0.3 is 15.2 Å². The Hall–Kier alpha value is -3.61. The predicted octanol–water partition coefficient (Wildman–Crippen LogP) is 3.33. The summed E-state index contributed by atoms with van der Waals surface area (Å²) in [5.74, 6) is -0.868. The summed E-state index contributed by atoms with van der Waals surface area (Å²) in [6.45, 7) is 2.02. The first-order chi connectivity index (χ1) is 13.0. The van der Waals surface area contributed by atoms with E-state index in [-0.39, 0.29) is 23.7 Å². The van der Waals surface area contributed by atoms with Gasteiger partial charge in [0.25, 0.3) is 11.5 Å². The Labute approximate surface area is 154 Å². The third kappa shape index (κ3) is 3.98. The van der Waals surface area contributed by atoms with E-state index in [1.807, 2.05) is 0 Å². The molecule has 138 valence electrons. The number of pyridine rings is 1. The molecule has 0 atom stereocenters. The molecule has 6 nitrogen and oxygen atoms in total. The molecular weight excluding hydrogens is 351 g/mol. The maximum absolute atomic E-state index is 13.2. The van der Waals surface area contributed by atoms with Crippen molar-refractivity contribution in [2.75, 3.05) is 11.9 Å². The molecule has 7 heteroatoms. The minimum absolute atomic E-state index is 0.0568. The number of phenolic OH excluding ortho intramolecular Hbond substituents is 1. The summed E-state index contributed by atoms with van der Waals surface area (Å²) >= 11 is 0. The highest BCUT2D eigenvalue weighted by atomic mass is 19.1. The standard InChI is InChI=1S/C20H17FN2O4/c1-2-27-17-11-12-23(15-7-3-13(21)4-8-15)20(26)18(17)19(25)22-14-5-9-16(24)10-6-14/h3-12,24H,2H2,1H3,(H,22,25). The Balaban J connectivity index is 2.04. The molecule has 0 aliphatic carbocycles. The van der Waals surface area contributed by atoms with Crippen LogP contribution in [-0.4, -0.2) is 22.2 Å². The number of nitrogens with zero attached hydrogens (tertiary/aromatic N) is 1. The van der Waals surface area contributed by atoms with E-state index >= 15 is 0 Å². The van der Waals surface area contributed by atoms with Crippen molar-refractivity contribution < 1.29 is 19.0 Å². The number of carbonyl (C=O) groups is 1. The van der Waals surface area contributed by atoms with E-state index in [0.717, 1.165) is 0 Å². The smallest absolute Gasteiger partial charge is 0.271 e. The number of phenols is 1. The fourth-order valence-electron chi connectivity index (χ4n) is 2.55. The van der Waals surface area contributed by atoms with E-state index in [0.29, 0.717) is 11.4 Å². The van der Waals surface area contributed by atoms with Crippen LogP contribution in [0.4, 0.5) is 10.1 Å². The first-order valence-electron chi connectivity index (χ1n) is 8.24. The molecule has 1 heterocycles. The minimum atomic E-state index is -0.648. The first-order valence-corrected chi connectivity index (χ1v) is 8.24. The molecule has 27 heavy (non-hydrogen) atoms. The van der Waals surface area contributed by atoms with Crippen LogP contribution in [0.5, 0.6) is 11.5 Å². The summed E-state index contributed by atoms with van der Waals surface area (Å²) in [5, 5.41) is 11.9. The molecule has 3 aromatic rings. The van der Waals surface area contributed by atoms with Crippen molar-refractivity contribution in [2.24, 2.45) is 0 Å². The summed E-state index contributed by atoms with van der Waals surface area (Å²) in [7, 11) is 0. The molecule has 2 N–H and O–H groups in total. The zero-order valence-corrected chi connectivity index (χ0v) is 14.5. The minimum Gasteiger partial charge on any atom is -0.508 e. The van der Waals surface area contributed by atoms with Crippen LogP contribution >= 0.6 is 0 Å². The number of hydrogen-bond acceptors (Lipinski definition) is 4. The van der Waals surface area contributed by atoms with Crippen LogP contribution in [0.1, 0.15) is 17.3 Å². The van der Waals surface area contributed by atoms with Crippen LogP contribution in [0, 0.1) is 5.82 Å². The van der Waals surface area contributed by atoms with Gasteiger partial charge in [0.1, 0.15) is 22.9 Å². The number of halogens is 1. The van der Waals surface area contributed by atoms with Gasteiger partial charge in [-0.15, -0.1) is 0 Å². The van der Waals surface area contributed by atoms with E-state index in [2.05, 4.69) is 5.32 Å². The van der Waals surface area contributed by atoms with Crippen molar-refractivity contribution >= 4 is 11.6 Å². The van der Waals surface area contributed by atoms with Crippen LogP contribution in [0.2, 0.25) is 0 Å². The second kappa shape index (κ2) is 7.74. The quantitative estimate of drug-likeness (QED) is 0.677. The molecule has 0 unspecified atom stereocenters. The lowest BCUT2D eigenvalue weighted by atomic mass is 10.2. The molecule has 0 aliphatic heterocycles. The van der Waals surface area contributed by atoms with E-state index in [9.17, 15) is 19.1 Å². The molecule has 0 radical (unpaired) electrons. The number of anilines is 1. The lowest BCUT2D eigenvalue weighted by Gasteiger charge is -2.13. The summed E-state index contributed by atoms with van der Waals surface area (Å²) < 4.78 is 19.8. The number of aromatic nitrogens is 1. The molecule has 0 saturated carbocycles. The Morgan fingerprint density at radius 1 is 1.11 bits per heavy atom. The number of carbonyl (C=O) groups excluding carboxylic acids is 1. The van der Waals surface area contributed by atoms with Gasteiger partial charge in [-0.25, -0.2) is 4.39 Å². The Bertz CT molecular complexity index is 1010. The monoisotopic (exact) mass is 368 g/mol. The molecule has 2 aromatic carbocycles. The van der Waals surface area contributed by atoms with Crippen molar-refractivity contribution in [2.45, 2.75) is 6.92 Å². The van der Waals surface area contributed by atoms with Crippen LogP contribution in [0.25, 0.3) is 5.69 Å². The molecule has 3 rings (SSSR count). The number of aromatic hydroxyl groups is 1. The van der Waals surface area contributed by atoms with Gasteiger partial charge in [0, 0.05) is 17.6 Å². The number of amides is 1. The van der Waals surface area contributed by atoms with Crippen LogP contribution in [0.15, 0.2) is 65.6 Å². The number of ether oxygens (including phenoxy) is 1. The third-order valence-corrected chi connectivity index (χ3v) is 3.81. The van der Waals surface area contributed by atoms with Crippen LogP contribution < -0.4 is 15.6 Å². The van der Waals surface area contributed by atoms with Crippen molar-refractivity contribution in [1.82, 2.24) is 4.57 Å². The largest absolute Gasteiger partial charge is 0.508 e. The molecule has 0 bridgehead atoms. The van der Waals surface area contributed by atoms with Crippen LogP contribution in [0.3, 0.4) is 0 Å². The molecule has 0 fully saturated rings. The van der Waals surface area contributed by atoms with E-state index < -0.39 is 17.3 Å².